The highest BCUT2D eigenvalue weighted by Crippen LogP contribution is 2.27. The number of carbonyl (C=O) groups excluding carboxylic acids is 1. The van der Waals surface area contributed by atoms with Gasteiger partial charge in [0.15, 0.2) is 6.04 Å². The van der Waals surface area contributed by atoms with Crippen LogP contribution in [0.1, 0.15) is 22.0 Å². The minimum atomic E-state index is -1.03. The molecular formula is C13H13BrN4O3. The van der Waals surface area contributed by atoms with Crippen molar-refractivity contribution in [2.45, 2.75) is 6.04 Å². The molecule has 0 bridgehead atoms. The van der Waals surface area contributed by atoms with Gasteiger partial charge in [0.1, 0.15) is 0 Å². The van der Waals surface area contributed by atoms with Crippen molar-refractivity contribution >= 4 is 33.5 Å². The standard InChI is InChI=1S/C13H13BrN4O3/c1-18-6-8(5-16-18)11(13(20)21)17-10-3-2-7(12(15)19)4-9(10)14/h2-6,11,17H,1H3,(H2,15,19)(H,20,21). The zero-order valence-electron chi connectivity index (χ0n) is 11.1. The molecule has 2 aromatic rings. The van der Waals surface area contributed by atoms with Gasteiger partial charge in [-0.1, -0.05) is 0 Å². The summed E-state index contributed by atoms with van der Waals surface area (Å²) in [6, 6.07) is 3.70. The molecule has 1 amide bonds. The number of halogens is 1. The second-order valence-corrected chi connectivity index (χ2v) is 5.28. The van der Waals surface area contributed by atoms with Crippen molar-refractivity contribution in [3.8, 4) is 0 Å². The molecule has 0 fully saturated rings. The summed E-state index contributed by atoms with van der Waals surface area (Å²) >= 11 is 3.29. The van der Waals surface area contributed by atoms with Gasteiger partial charge in [0.2, 0.25) is 5.91 Å². The molecule has 4 N–H and O–H groups in total. The Hall–Kier alpha value is -2.35. The Balaban J connectivity index is 2.29. The van der Waals surface area contributed by atoms with Gasteiger partial charge < -0.3 is 16.2 Å². The molecule has 2 rings (SSSR count). The van der Waals surface area contributed by atoms with E-state index in [-0.39, 0.29) is 0 Å². The van der Waals surface area contributed by atoms with Gasteiger partial charge in [-0.2, -0.15) is 5.10 Å². The van der Waals surface area contributed by atoms with E-state index in [1.54, 1.807) is 19.3 Å². The third-order valence-corrected chi connectivity index (χ3v) is 3.51. The van der Waals surface area contributed by atoms with Crippen LogP contribution in [0.25, 0.3) is 0 Å². The number of amides is 1. The molecular weight excluding hydrogens is 340 g/mol. The van der Waals surface area contributed by atoms with E-state index in [0.717, 1.165) is 0 Å². The number of nitrogens with zero attached hydrogens (tertiary/aromatic N) is 2. The number of carboxylic acid groups (broad SMARTS) is 1. The summed E-state index contributed by atoms with van der Waals surface area (Å²) in [5.41, 5.74) is 6.59. The number of nitrogens with one attached hydrogen (secondary N) is 1. The Labute approximate surface area is 128 Å². The van der Waals surface area contributed by atoms with Gasteiger partial charge in [-0.3, -0.25) is 9.48 Å². The van der Waals surface area contributed by atoms with Crippen molar-refractivity contribution in [3.63, 3.8) is 0 Å². The van der Waals surface area contributed by atoms with Gasteiger partial charge in [-0.15, -0.1) is 0 Å². The van der Waals surface area contributed by atoms with Gasteiger partial charge in [0.25, 0.3) is 0 Å². The van der Waals surface area contributed by atoms with E-state index < -0.39 is 17.9 Å². The van der Waals surface area contributed by atoms with Crippen LogP contribution in [0.2, 0.25) is 0 Å². The second-order valence-electron chi connectivity index (χ2n) is 4.42. The highest BCUT2D eigenvalue weighted by atomic mass is 79.9. The average Bonchev–Trinajstić information content (AvgIpc) is 2.83. The molecule has 7 nitrogen and oxygen atoms in total. The predicted octanol–water partition coefficient (Wildman–Crippen LogP) is 1.52. The third-order valence-electron chi connectivity index (χ3n) is 2.86. The fourth-order valence-corrected chi connectivity index (χ4v) is 2.31. The minimum absolute atomic E-state index is 0.334. The van der Waals surface area contributed by atoms with Crippen LogP contribution in [0.5, 0.6) is 0 Å². The maximum absolute atomic E-state index is 11.4. The highest BCUT2D eigenvalue weighted by Gasteiger charge is 2.22. The molecule has 110 valence electrons. The molecule has 1 heterocycles. The zero-order chi connectivity index (χ0) is 15.6. The van der Waals surface area contributed by atoms with Crippen LogP contribution in [0, 0.1) is 0 Å². The number of primary amides is 1. The number of aliphatic carboxylic acids is 1. The molecule has 1 aromatic carbocycles. The summed E-state index contributed by atoms with van der Waals surface area (Å²) in [5, 5.41) is 16.2. The Bertz CT molecular complexity index is 698. The smallest absolute Gasteiger partial charge is 0.330 e. The second kappa shape index (κ2) is 5.96. The number of carboxylic acids is 1. The first-order valence-corrected chi connectivity index (χ1v) is 6.75. The molecule has 1 unspecified atom stereocenters. The van der Waals surface area contributed by atoms with Gasteiger partial charge in [0, 0.05) is 34.5 Å². The number of benzene rings is 1. The van der Waals surface area contributed by atoms with Crippen molar-refractivity contribution in [2.75, 3.05) is 5.32 Å². The Morgan fingerprint density at radius 2 is 2.19 bits per heavy atom. The lowest BCUT2D eigenvalue weighted by Gasteiger charge is -2.16. The minimum Gasteiger partial charge on any atom is -0.479 e. The SMILES string of the molecule is Cn1cc(C(Nc2ccc(C(N)=O)cc2Br)C(=O)O)cn1. The van der Waals surface area contributed by atoms with Crippen molar-refractivity contribution in [1.82, 2.24) is 9.78 Å². The third kappa shape index (κ3) is 3.40. The van der Waals surface area contributed by atoms with E-state index >= 15 is 0 Å². The number of hydrogen-bond acceptors (Lipinski definition) is 4. The first-order valence-electron chi connectivity index (χ1n) is 5.95. The van der Waals surface area contributed by atoms with E-state index in [1.165, 1.54) is 23.0 Å². The predicted molar refractivity (Wildman–Crippen MR) is 79.9 cm³/mol. The highest BCUT2D eigenvalue weighted by molar-refractivity contribution is 9.10. The summed E-state index contributed by atoms with van der Waals surface area (Å²) in [4.78, 5) is 22.5. The largest absolute Gasteiger partial charge is 0.479 e. The summed E-state index contributed by atoms with van der Waals surface area (Å²) in [6.07, 6.45) is 3.11. The molecule has 0 radical (unpaired) electrons. The summed E-state index contributed by atoms with van der Waals surface area (Å²) in [7, 11) is 1.71. The lowest BCUT2D eigenvalue weighted by Crippen LogP contribution is -2.20. The quantitative estimate of drug-likeness (QED) is 0.755. The molecule has 0 saturated carbocycles. The van der Waals surface area contributed by atoms with Gasteiger partial charge in [-0.25, -0.2) is 4.79 Å². The molecule has 0 aliphatic heterocycles. The molecule has 0 spiro atoms. The van der Waals surface area contributed by atoms with Crippen LogP contribution >= 0.6 is 15.9 Å². The number of carbonyl (C=O) groups is 2. The summed E-state index contributed by atoms with van der Waals surface area (Å²) in [5.74, 6) is -1.59. The van der Waals surface area contributed by atoms with Crippen LogP contribution < -0.4 is 11.1 Å². The van der Waals surface area contributed by atoms with E-state index in [2.05, 4.69) is 26.3 Å². The molecule has 1 atom stereocenters. The lowest BCUT2D eigenvalue weighted by molar-refractivity contribution is -0.138. The Morgan fingerprint density at radius 3 is 2.67 bits per heavy atom. The van der Waals surface area contributed by atoms with E-state index in [4.69, 9.17) is 5.73 Å². The maximum atomic E-state index is 11.4. The van der Waals surface area contributed by atoms with Crippen molar-refractivity contribution in [2.24, 2.45) is 12.8 Å². The van der Waals surface area contributed by atoms with Crippen molar-refractivity contribution in [3.05, 3.63) is 46.2 Å². The van der Waals surface area contributed by atoms with Crippen LogP contribution in [0.15, 0.2) is 35.1 Å². The molecule has 0 aliphatic rings. The number of hydrogen-bond donors (Lipinski definition) is 3. The van der Waals surface area contributed by atoms with E-state index in [0.29, 0.717) is 21.3 Å². The average molecular weight is 353 g/mol. The molecule has 21 heavy (non-hydrogen) atoms. The van der Waals surface area contributed by atoms with Gasteiger partial charge in [0.05, 0.1) is 6.20 Å². The topological polar surface area (TPSA) is 110 Å². The van der Waals surface area contributed by atoms with Gasteiger partial charge in [-0.05, 0) is 34.1 Å². The van der Waals surface area contributed by atoms with Crippen molar-refractivity contribution in [1.29, 1.82) is 0 Å². The first-order chi connectivity index (χ1) is 9.88. The molecule has 1 aromatic heterocycles. The number of aryl methyl sites for hydroxylation is 1. The monoisotopic (exact) mass is 352 g/mol. The number of nitrogens with two attached hydrogens (primary N) is 1. The summed E-state index contributed by atoms with van der Waals surface area (Å²) in [6.45, 7) is 0. The van der Waals surface area contributed by atoms with Crippen molar-refractivity contribution < 1.29 is 14.7 Å². The lowest BCUT2D eigenvalue weighted by atomic mass is 10.1. The van der Waals surface area contributed by atoms with Crippen LogP contribution in [0.3, 0.4) is 0 Å². The molecule has 8 heteroatoms. The first kappa shape index (κ1) is 15.0. The molecule has 0 aliphatic carbocycles. The Morgan fingerprint density at radius 1 is 1.48 bits per heavy atom. The molecule has 0 saturated heterocycles. The fraction of sp³-hybridized carbons (Fsp3) is 0.154. The van der Waals surface area contributed by atoms with Gasteiger partial charge >= 0.3 is 5.97 Å². The van der Waals surface area contributed by atoms with E-state index in [1.807, 2.05) is 0 Å². The number of aromatic nitrogens is 2. The Kier molecular flexibility index (Phi) is 4.27. The van der Waals surface area contributed by atoms with Crippen LogP contribution in [-0.4, -0.2) is 26.8 Å². The zero-order valence-corrected chi connectivity index (χ0v) is 12.7. The fourth-order valence-electron chi connectivity index (χ4n) is 1.82. The summed E-state index contributed by atoms with van der Waals surface area (Å²) < 4.78 is 2.08. The van der Waals surface area contributed by atoms with Crippen LogP contribution in [-0.2, 0) is 11.8 Å². The van der Waals surface area contributed by atoms with Crippen LogP contribution in [0.4, 0.5) is 5.69 Å². The van der Waals surface area contributed by atoms with E-state index in [9.17, 15) is 14.7 Å². The number of anilines is 1. The maximum Gasteiger partial charge on any atom is 0.330 e. The number of rotatable bonds is 5. The normalized spacial score (nSPS) is 11.9.